The highest BCUT2D eigenvalue weighted by atomic mass is 35.5. The Kier molecular flexibility index (Phi) is 7.41. The average molecular weight is 570 g/mol. The number of ketones is 1. The number of benzene rings is 3. The van der Waals surface area contributed by atoms with Crippen LogP contribution in [0.2, 0.25) is 15.1 Å². The monoisotopic (exact) mass is 568 g/mol. The van der Waals surface area contributed by atoms with Crippen molar-refractivity contribution in [1.82, 2.24) is 0 Å². The molecular weight excluding hydrogens is 555 g/mol. The molecule has 3 aromatic rings. The van der Waals surface area contributed by atoms with Crippen LogP contribution >= 0.6 is 34.8 Å². The number of carbonyl (C=O) groups is 3. The number of hydrogen-bond donors (Lipinski definition) is 2. The van der Waals surface area contributed by atoms with Gasteiger partial charge in [-0.1, -0.05) is 34.8 Å². The lowest BCUT2D eigenvalue weighted by molar-refractivity contribution is -0.118. The second-order valence-corrected chi connectivity index (χ2v) is 10.3. The Hall–Kier alpha value is -3.31. The van der Waals surface area contributed by atoms with E-state index in [9.17, 15) is 22.8 Å². The molecule has 3 aromatic carbocycles. The minimum absolute atomic E-state index is 0.0189. The van der Waals surface area contributed by atoms with E-state index in [1.165, 1.54) is 48.5 Å². The summed E-state index contributed by atoms with van der Waals surface area (Å²) >= 11 is 18.0. The van der Waals surface area contributed by atoms with E-state index < -0.39 is 33.3 Å². The van der Waals surface area contributed by atoms with Crippen molar-refractivity contribution in [3.05, 3.63) is 80.8 Å². The maximum Gasteiger partial charge on any atom is 0.338 e. The number of sulfonamides is 1. The Morgan fingerprint density at radius 3 is 2.47 bits per heavy atom. The largest absolute Gasteiger partial charge is 0.482 e. The van der Waals surface area contributed by atoms with E-state index in [4.69, 9.17) is 44.3 Å². The second kappa shape index (κ2) is 10.4. The topological polar surface area (TPSA) is 128 Å². The highest BCUT2D eigenvalue weighted by Gasteiger charge is 2.23. The molecule has 0 saturated carbocycles. The maximum absolute atomic E-state index is 12.9. The summed E-state index contributed by atoms with van der Waals surface area (Å²) in [4.78, 5) is 36.1. The van der Waals surface area contributed by atoms with Crippen molar-refractivity contribution in [2.45, 2.75) is 4.90 Å². The first-order valence-corrected chi connectivity index (χ1v) is 12.7. The van der Waals surface area contributed by atoms with Gasteiger partial charge in [-0.25, -0.2) is 13.2 Å². The Bertz CT molecular complexity index is 1510. The lowest BCUT2D eigenvalue weighted by Crippen LogP contribution is -2.25. The van der Waals surface area contributed by atoms with Crippen LogP contribution in [0.15, 0.2) is 59.5 Å². The van der Waals surface area contributed by atoms with E-state index in [2.05, 4.69) is 10.0 Å². The summed E-state index contributed by atoms with van der Waals surface area (Å²) < 4.78 is 38.4. The smallest absolute Gasteiger partial charge is 0.338 e. The first-order chi connectivity index (χ1) is 17.0. The van der Waals surface area contributed by atoms with Crippen molar-refractivity contribution in [3.8, 4) is 5.75 Å². The predicted octanol–water partition coefficient (Wildman–Crippen LogP) is 4.82. The van der Waals surface area contributed by atoms with Gasteiger partial charge in [-0.2, -0.15) is 0 Å². The highest BCUT2D eigenvalue weighted by Crippen LogP contribution is 2.31. The number of nitrogens with one attached hydrogen (secondary N) is 2. The van der Waals surface area contributed by atoms with Crippen molar-refractivity contribution in [3.63, 3.8) is 0 Å². The standard InChI is InChI=1S/C23H15Cl3N2O7S/c24-14-3-5-15(25)17(9-14)28-36(32,33)21-8-13(1-4-16(21)26)23(31)35-10-19(29)12-2-6-20-18(7-12)27-22(30)11-34-20/h1-9,28H,10-11H2,(H,27,30). The molecule has 0 fully saturated rings. The minimum Gasteiger partial charge on any atom is -0.482 e. The summed E-state index contributed by atoms with van der Waals surface area (Å²) in [6, 6.07) is 12.1. The SMILES string of the molecule is O=C1COc2ccc(C(=O)COC(=O)c3ccc(Cl)c(S(=O)(=O)Nc4cc(Cl)ccc4Cl)c3)cc2N1. The van der Waals surface area contributed by atoms with Crippen LogP contribution in [0.3, 0.4) is 0 Å². The number of hydrogen-bond acceptors (Lipinski definition) is 7. The predicted molar refractivity (Wildman–Crippen MR) is 134 cm³/mol. The summed E-state index contributed by atoms with van der Waals surface area (Å²) in [5.74, 6) is -1.46. The van der Waals surface area contributed by atoms with Crippen molar-refractivity contribution < 1.29 is 32.3 Å². The van der Waals surface area contributed by atoms with Gasteiger partial charge < -0.3 is 14.8 Å². The van der Waals surface area contributed by atoms with Gasteiger partial charge in [0, 0.05) is 10.6 Å². The Balaban J connectivity index is 1.48. The minimum atomic E-state index is -4.27. The number of rotatable bonds is 7. The molecule has 0 bridgehead atoms. The van der Waals surface area contributed by atoms with E-state index >= 15 is 0 Å². The fourth-order valence-electron chi connectivity index (χ4n) is 3.17. The molecule has 0 radical (unpaired) electrons. The molecule has 1 aliphatic heterocycles. The summed E-state index contributed by atoms with van der Waals surface area (Å²) in [5.41, 5.74) is 0.360. The lowest BCUT2D eigenvalue weighted by atomic mass is 10.1. The molecule has 9 nitrogen and oxygen atoms in total. The fourth-order valence-corrected chi connectivity index (χ4v) is 5.16. The number of fused-ring (bicyclic) bond motifs is 1. The molecule has 0 atom stereocenters. The molecule has 186 valence electrons. The third-order valence-electron chi connectivity index (χ3n) is 4.90. The molecule has 0 aliphatic carbocycles. The van der Waals surface area contributed by atoms with Crippen LogP contribution in [0.4, 0.5) is 11.4 Å². The summed E-state index contributed by atoms with van der Waals surface area (Å²) in [6.07, 6.45) is 0. The summed E-state index contributed by atoms with van der Waals surface area (Å²) in [5, 5.41) is 2.77. The van der Waals surface area contributed by atoms with Gasteiger partial charge >= 0.3 is 5.97 Å². The van der Waals surface area contributed by atoms with E-state index in [0.717, 1.165) is 6.07 Å². The van der Waals surface area contributed by atoms with Crippen LogP contribution in [0, 0.1) is 0 Å². The van der Waals surface area contributed by atoms with Crippen LogP contribution in [-0.4, -0.2) is 39.3 Å². The Labute approximate surface area is 220 Å². The molecule has 0 saturated heterocycles. The van der Waals surface area contributed by atoms with E-state index in [1.807, 2.05) is 0 Å². The number of anilines is 2. The molecule has 0 spiro atoms. The van der Waals surface area contributed by atoms with Gasteiger partial charge in [0.2, 0.25) is 0 Å². The zero-order valence-corrected chi connectivity index (χ0v) is 21.1. The molecule has 13 heteroatoms. The summed E-state index contributed by atoms with van der Waals surface area (Å²) in [6.45, 7) is -0.758. The average Bonchev–Trinajstić information content (AvgIpc) is 2.84. The number of ether oxygens (including phenoxy) is 2. The number of esters is 1. The number of Topliss-reactive ketones (excluding diaryl/α,β-unsaturated/α-hetero) is 1. The normalized spacial score (nSPS) is 12.7. The Morgan fingerprint density at radius 1 is 0.972 bits per heavy atom. The molecular formula is C23H15Cl3N2O7S. The molecule has 0 aromatic heterocycles. The lowest BCUT2D eigenvalue weighted by Gasteiger charge is -2.18. The number of amides is 1. The van der Waals surface area contributed by atoms with Gasteiger partial charge in [0.25, 0.3) is 15.9 Å². The number of halogens is 3. The maximum atomic E-state index is 12.9. The van der Waals surface area contributed by atoms with Crippen molar-refractivity contribution in [1.29, 1.82) is 0 Å². The van der Waals surface area contributed by atoms with Crippen molar-refractivity contribution in [2.24, 2.45) is 0 Å². The molecule has 0 unspecified atom stereocenters. The quantitative estimate of drug-likeness (QED) is 0.308. The van der Waals surface area contributed by atoms with Gasteiger partial charge in [0.1, 0.15) is 10.6 Å². The molecule has 1 amide bonds. The van der Waals surface area contributed by atoms with Gasteiger partial charge in [0.05, 0.1) is 27.0 Å². The second-order valence-electron chi connectivity index (χ2n) is 7.42. The molecule has 1 aliphatic rings. The van der Waals surface area contributed by atoms with Crippen LogP contribution in [0.25, 0.3) is 0 Å². The molecule has 36 heavy (non-hydrogen) atoms. The zero-order valence-electron chi connectivity index (χ0n) is 18.0. The fraction of sp³-hybridized carbons (Fsp3) is 0.0870. The first kappa shape index (κ1) is 25.8. The van der Waals surface area contributed by atoms with Gasteiger partial charge in [0.15, 0.2) is 19.0 Å². The van der Waals surface area contributed by atoms with E-state index in [0.29, 0.717) is 11.4 Å². The highest BCUT2D eigenvalue weighted by molar-refractivity contribution is 7.92. The van der Waals surface area contributed by atoms with E-state index in [-0.39, 0.29) is 44.4 Å². The van der Waals surface area contributed by atoms with Gasteiger partial charge in [-0.15, -0.1) is 0 Å². The van der Waals surface area contributed by atoms with Crippen LogP contribution < -0.4 is 14.8 Å². The number of carbonyl (C=O) groups excluding carboxylic acids is 3. The third-order valence-corrected chi connectivity index (χ3v) is 7.31. The van der Waals surface area contributed by atoms with Crippen molar-refractivity contribution >= 4 is 73.9 Å². The van der Waals surface area contributed by atoms with Crippen molar-refractivity contribution in [2.75, 3.05) is 23.3 Å². The van der Waals surface area contributed by atoms with Crippen LogP contribution in [-0.2, 0) is 19.6 Å². The molecule has 1 heterocycles. The van der Waals surface area contributed by atoms with Crippen LogP contribution in [0.1, 0.15) is 20.7 Å². The van der Waals surface area contributed by atoms with Gasteiger partial charge in [-0.05, 0) is 54.6 Å². The zero-order chi connectivity index (χ0) is 26.0. The summed E-state index contributed by atoms with van der Waals surface area (Å²) in [7, 11) is -4.27. The first-order valence-electron chi connectivity index (χ1n) is 10.1. The van der Waals surface area contributed by atoms with Gasteiger partial charge in [-0.3, -0.25) is 14.3 Å². The van der Waals surface area contributed by atoms with Crippen LogP contribution in [0.5, 0.6) is 5.75 Å². The Morgan fingerprint density at radius 2 is 1.69 bits per heavy atom. The van der Waals surface area contributed by atoms with E-state index in [1.54, 1.807) is 0 Å². The molecule has 2 N–H and O–H groups in total. The molecule has 4 rings (SSSR count). The third kappa shape index (κ3) is 5.73.